The zero-order valence-corrected chi connectivity index (χ0v) is 13.0. The molecule has 4 atom stereocenters. The quantitative estimate of drug-likeness (QED) is 0.641. The van der Waals surface area contributed by atoms with Gasteiger partial charge in [0.05, 0.1) is 12.2 Å². The molecule has 3 heteroatoms. The Labute approximate surface area is 140 Å². The largest absolute Gasteiger partial charge is 0.368 e. The van der Waals surface area contributed by atoms with Gasteiger partial charge in [-0.25, -0.2) is 0 Å². The molecular formula is C21H16O3. The Morgan fingerprint density at radius 1 is 0.708 bits per heavy atom. The molecular weight excluding hydrogens is 300 g/mol. The average Bonchev–Trinajstić information content (AvgIpc) is 3.27. The van der Waals surface area contributed by atoms with Crippen LogP contribution >= 0.6 is 0 Å². The van der Waals surface area contributed by atoms with Crippen LogP contribution in [0, 0.1) is 11.8 Å². The summed E-state index contributed by atoms with van der Waals surface area (Å²) >= 11 is 0. The lowest BCUT2D eigenvalue weighted by Crippen LogP contribution is -2.22. The van der Waals surface area contributed by atoms with Gasteiger partial charge in [-0.15, -0.1) is 0 Å². The molecule has 2 aromatic carbocycles. The molecule has 5 rings (SSSR count). The molecule has 118 valence electrons. The van der Waals surface area contributed by atoms with Gasteiger partial charge in [-0.3, -0.25) is 9.59 Å². The maximum atomic E-state index is 13.1. The van der Waals surface area contributed by atoms with Gasteiger partial charge >= 0.3 is 0 Å². The Morgan fingerprint density at radius 3 is 1.54 bits per heavy atom. The Hall–Kier alpha value is -2.52. The Morgan fingerprint density at radius 2 is 1.12 bits per heavy atom. The molecule has 2 aromatic rings. The molecule has 0 N–H and O–H groups in total. The van der Waals surface area contributed by atoms with E-state index >= 15 is 0 Å². The van der Waals surface area contributed by atoms with Crippen LogP contribution in [0.15, 0.2) is 71.8 Å². The van der Waals surface area contributed by atoms with Gasteiger partial charge in [-0.1, -0.05) is 60.7 Å². The first-order valence-electron chi connectivity index (χ1n) is 8.34. The fourth-order valence-corrected chi connectivity index (χ4v) is 4.36. The molecule has 0 unspecified atom stereocenters. The fraction of sp³-hybridized carbons (Fsp3) is 0.238. The van der Waals surface area contributed by atoms with Crippen molar-refractivity contribution in [1.29, 1.82) is 0 Å². The molecule has 3 aliphatic rings. The highest BCUT2D eigenvalue weighted by Crippen LogP contribution is 2.59. The molecule has 0 radical (unpaired) electrons. The van der Waals surface area contributed by atoms with Gasteiger partial charge in [0.1, 0.15) is 0 Å². The van der Waals surface area contributed by atoms with E-state index in [1.165, 1.54) is 0 Å². The first-order valence-corrected chi connectivity index (χ1v) is 8.34. The lowest BCUT2D eigenvalue weighted by Gasteiger charge is -2.16. The number of rotatable bonds is 4. The summed E-state index contributed by atoms with van der Waals surface area (Å²) in [5.74, 6) is 0.124. The highest BCUT2D eigenvalue weighted by atomic mass is 16.6. The van der Waals surface area contributed by atoms with E-state index in [9.17, 15) is 9.59 Å². The van der Waals surface area contributed by atoms with E-state index in [4.69, 9.17) is 4.74 Å². The van der Waals surface area contributed by atoms with Crippen LogP contribution in [-0.2, 0) is 4.74 Å². The second kappa shape index (κ2) is 4.99. The van der Waals surface area contributed by atoms with E-state index in [1.54, 1.807) is 0 Å². The van der Waals surface area contributed by atoms with Gasteiger partial charge < -0.3 is 4.74 Å². The monoisotopic (exact) mass is 316 g/mol. The first kappa shape index (κ1) is 13.9. The normalized spacial score (nSPS) is 29.5. The molecule has 0 spiro atoms. The number of carbonyl (C=O) groups excluding carboxylic acids is 2. The number of hydrogen-bond donors (Lipinski definition) is 0. The number of carbonyl (C=O) groups is 2. The van der Waals surface area contributed by atoms with Gasteiger partial charge in [-0.2, -0.15) is 0 Å². The van der Waals surface area contributed by atoms with Crippen LogP contribution in [0.5, 0.6) is 0 Å². The molecule has 2 fully saturated rings. The third-order valence-corrected chi connectivity index (χ3v) is 5.46. The van der Waals surface area contributed by atoms with E-state index in [0.29, 0.717) is 22.3 Å². The van der Waals surface area contributed by atoms with Gasteiger partial charge in [0.2, 0.25) is 0 Å². The Balaban J connectivity index is 1.62. The maximum Gasteiger partial charge on any atom is 0.189 e. The molecule has 24 heavy (non-hydrogen) atoms. The number of hydrogen-bond acceptors (Lipinski definition) is 3. The topological polar surface area (TPSA) is 46.7 Å². The maximum absolute atomic E-state index is 13.1. The van der Waals surface area contributed by atoms with E-state index in [1.807, 2.05) is 60.7 Å². The van der Waals surface area contributed by atoms with E-state index in [0.717, 1.165) is 6.42 Å². The molecule has 0 amide bonds. The molecule has 1 saturated heterocycles. The van der Waals surface area contributed by atoms with Crippen LogP contribution < -0.4 is 0 Å². The standard InChI is InChI=1S/C21H16O3/c22-18(12-7-3-1-4-8-12)16-14-11-15(21-20(14)24-21)17(16)19(23)13-9-5-2-6-10-13/h1-10,14-15,20-21H,11H2/t14-,15+,20-,21+. The zero-order chi connectivity index (χ0) is 16.3. The lowest BCUT2D eigenvalue weighted by atomic mass is 9.83. The molecule has 3 nitrogen and oxygen atoms in total. The average molecular weight is 316 g/mol. The van der Waals surface area contributed by atoms with E-state index in [2.05, 4.69) is 0 Å². The van der Waals surface area contributed by atoms with Gasteiger partial charge in [0.15, 0.2) is 11.6 Å². The summed E-state index contributed by atoms with van der Waals surface area (Å²) in [5.41, 5.74) is 2.68. The minimum atomic E-state index is -0.0173. The van der Waals surface area contributed by atoms with Crippen molar-refractivity contribution in [2.75, 3.05) is 0 Å². The zero-order valence-electron chi connectivity index (χ0n) is 13.0. The van der Waals surface area contributed by atoms with Gasteiger partial charge in [-0.05, 0) is 6.42 Å². The molecule has 2 bridgehead atoms. The summed E-state index contributed by atoms with van der Waals surface area (Å²) in [4.78, 5) is 26.2. The van der Waals surface area contributed by atoms with Crippen LogP contribution in [0.1, 0.15) is 27.1 Å². The van der Waals surface area contributed by atoms with Crippen molar-refractivity contribution >= 4 is 11.6 Å². The fourth-order valence-electron chi connectivity index (χ4n) is 4.36. The van der Waals surface area contributed by atoms with Crippen LogP contribution in [-0.4, -0.2) is 23.8 Å². The van der Waals surface area contributed by atoms with E-state index < -0.39 is 0 Å². The molecule has 1 saturated carbocycles. The smallest absolute Gasteiger partial charge is 0.189 e. The molecule has 2 aliphatic carbocycles. The van der Waals surface area contributed by atoms with Crippen LogP contribution in [0.25, 0.3) is 0 Å². The van der Waals surface area contributed by atoms with Crippen molar-refractivity contribution < 1.29 is 14.3 Å². The van der Waals surface area contributed by atoms with Crippen molar-refractivity contribution in [3.05, 3.63) is 82.9 Å². The number of ketones is 2. The molecule has 1 aliphatic heterocycles. The third-order valence-electron chi connectivity index (χ3n) is 5.46. The summed E-state index contributed by atoms with van der Waals surface area (Å²) in [7, 11) is 0. The summed E-state index contributed by atoms with van der Waals surface area (Å²) in [6, 6.07) is 18.5. The minimum absolute atomic E-state index is 0.0173. The van der Waals surface area contributed by atoms with Crippen LogP contribution in [0.2, 0.25) is 0 Å². The second-order valence-corrected chi connectivity index (χ2v) is 6.73. The number of Topliss-reactive ketones (excluding diaryl/α,β-unsaturated/α-hetero) is 2. The van der Waals surface area contributed by atoms with Crippen molar-refractivity contribution in [1.82, 2.24) is 0 Å². The van der Waals surface area contributed by atoms with Gasteiger partial charge in [0, 0.05) is 34.1 Å². The van der Waals surface area contributed by atoms with Crippen LogP contribution in [0.4, 0.5) is 0 Å². The predicted molar refractivity (Wildman–Crippen MR) is 88.8 cm³/mol. The lowest BCUT2D eigenvalue weighted by molar-refractivity contribution is 0.0989. The van der Waals surface area contributed by atoms with Crippen LogP contribution in [0.3, 0.4) is 0 Å². The summed E-state index contributed by atoms with van der Waals surface area (Å²) in [6.07, 6.45) is 1.16. The second-order valence-electron chi connectivity index (χ2n) is 6.73. The summed E-state index contributed by atoms with van der Waals surface area (Å²) in [6.45, 7) is 0. The number of benzene rings is 2. The summed E-state index contributed by atoms with van der Waals surface area (Å²) in [5, 5.41) is 0. The Bertz CT molecular complexity index is 795. The number of epoxide rings is 1. The van der Waals surface area contributed by atoms with Crippen molar-refractivity contribution in [2.24, 2.45) is 11.8 Å². The minimum Gasteiger partial charge on any atom is -0.368 e. The number of fused-ring (bicyclic) bond motifs is 5. The highest BCUT2D eigenvalue weighted by molar-refractivity contribution is 6.19. The summed E-state index contributed by atoms with van der Waals surface area (Å²) < 4.78 is 5.73. The van der Waals surface area contributed by atoms with E-state index in [-0.39, 0.29) is 35.6 Å². The Kier molecular flexibility index (Phi) is 2.88. The predicted octanol–water partition coefficient (Wildman–Crippen LogP) is 3.47. The van der Waals surface area contributed by atoms with Gasteiger partial charge in [0.25, 0.3) is 0 Å². The van der Waals surface area contributed by atoms with Crippen molar-refractivity contribution in [2.45, 2.75) is 18.6 Å². The number of ether oxygens (including phenoxy) is 1. The SMILES string of the molecule is O=C(C1=C(C(=O)c2ccccc2)[C@@H]2C[C@H]1[C@H]1O[C@H]12)c1ccccc1. The van der Waals surface area contributed by atoms with Crippen molar-refractivity contribution in [3.63, 3.8) is 0 Å². The van der Waals surface area contributed by atoms with Crippen molar-refractivity contribution in [3.8, 4) is 0 Å². The first-order chi connectivity index (χ1) is 11.8. The third kappa shape index (κ3) is 1.88. The molecule has 1 heterocycles. The molecule has 0 aromatic heterocycles. The highest BCUT2D eigenvalue weighted by Gasteiger charge is 2.65.